The van der Waals surface area contributed by atoms with Crippen molar-refractivity contribution in [1.82, 2.24) is 9.21 Å². The first-order valence-corrected chi connectivity index (χ1v) is 10.9. The molecule has 2 aliphatic rings. The van der Waals surface area contributed by atoms with Crippen LogP contribution in [0.4, 0.5) is 11.4 Å². The van der Waals surface area contributed by atoms with Crippen molar-refractivity contribution >= 4 is 27.3 Å². The van der Waals surface area contributed by atoms with Gasteiger partial charge in [0.2, 0.25) is 15.9 Å². The number of amides is 1. The molecule has 0 spiro atoms. The molecule has 0 radical (unpaired) electrons. The van der Waals surface area contributed by atoms with Crippen LogP contribution in [0.15, 0.2) is 24.3 Å². The zero-order chi connectivity index (χ0) is 19.6. The lowest BCUT2D eigenvalue weighted by Crippen LogP contribution is -2.57. The van der Waals surface area contributed by atoms with Gasteiger partial charge < -0.3 is 9.80 Å². The van der Waals surface area contributed by atoms with Crippen LogP contribution < -0.4 is 4.90 Å². The molecule has 0 N–H and O–H groups in total. The first kappa shape index (κ1) is 19.6. The fourth-order valence-electron chi connectivity index (χ4n) is 3.73. The molecule has 148 valence electrons. The maximum atomic E-state index is 12.9. The summed E-state index contributed by atoms with van der Waals surface area (Å²) < 4.78 is 25.3. The van der Waals surface area contributed by atoms with E-state index >= 15 is 0 Å². The highest BCUT2D eigenvalue weighted by atomic mass is 32.2. The Morgan fingerprint density at radius 3 is 2.26 bits per heavy atom. The molecule has 9 nitrogen and oxygen atoms in total. The lowest BCUT2D eigenvalue weighted by molar-refractivity contribution is -0.384. The van der Waals surface area contributed by atoms with Crippen LogP contribution in [-0.2, 0) is 14.8 Å². The topological polar surface area (TPSA) is 104 Å². The van der Waals surface area contributed by atoms with E-state index < -0.39 is 21.0 Å². The van der Waals surface area contributed by atoms with Gasteiger partial charge in [0.15, 0.2) is 0 Å². The van der Waals surface area contributed by atoms with Crippen LogP contribution in [0.5, 0.6) is 0 Å². The van der Waals surface area contributed by atoms with Gasteiger partial charge in [0.25, 0.3) is 5.69 Å². The van der Waals surface area contributed by atoms with E-state index in [9.17, 15) is 23.3 Å². The van der Waals surface area contributed by atoms with Gasteiger partial charge in [-0.3, -0.25) is 14.9 Å². The Morgan fingerprint density at radius 1 is 1.07 bits per heavy atom. The number of piperidine rings is 1. The number of non-ortho nitro benzene ring substituents is 1. The largest absolute Gasteiger partial charge is 0.368 e. The number of carbonyl (C=O) groups excluding carboxylic acids is 1. The number of benzene rings is 1. The second-order valence-corrected chi connectivity index (χ2v) is 8.91. The molecule has 3 rings (SSSR count). The lowest BCUT2D eigenvalue weighted by Gasteiger charge is -2.40. The minimum absolute atomic E-state index is 0.0470. The van der Waals surface area contributed by atoms with Crippen LogP contribution in [0.25, 0.3) is 0 Å². The monoisotopic (exact) mass is 396 g/mol. The quantitative estimate of drug-likeness (QED) is 0.557. The van der Waals surface area contributed by atoms with Crippen molar-refractivity contribution in [3.05, 3.63) is 34.4 Å². The summed E-state index contributed by atoms with van der Waals surface area (Å²) in [6, 6.07) is 5.77. The Labute approximate surface area is 158 Å². The normalized spacial score (nSPS) is 21.9. The van der Waals surface area contributed by atoms with E-state index in [0.29, 0.717) is 39.1 Å². The third-order valence-electron chi connectivity index (χ3n) is 5.18. The molecule has 1 unspecified atom stereocenters. The molecule has 1 aromatic carbocycles. The van der Waals surface area contributed by atoms with E-state index in [2.05, 4.69) is 4.90 Å². The molecule has 27 heavy (non-hydrogen) atoms. The number of sulfonamides is 1. The maximum absolute atomic E-state index is 12.9. The SMILES string of the molecule is CS(=O)(=O)N1CCCCC1C(=O)N1CCN(c2ccc([N+](=O)[O-])cc2)CC1. The summed E-state index contributed by atoms with van der Waals surface area (Å²) in [6.07, 6.45) is 3.36. The molecule has 2 saturated heterocycles. The fraction of sp³-hybridized carbons (Fsp3) is 0.588. The molecule has 10 heteroatoms. The smallest absolute Gasteiger partial charge is 0.269 e. The van der Waals surface area contributed by atoms with E-state index in [4.69, 9.17) is 0 Å². The average molecular weight is 396 g/mol. The van der Waals surface area contributed by atoms with Gasteiger partial charge in [0, 0.05) is 50.5 Å². The van der Waals surface area contributed by atoms with Gasteiger partial charge in [-0.2, -0.15) is 4.31 Å². The number of hydrogen-bond donors (Lipinski definition) is 0. The zero-order valence-corrected chi connectivity index (χ0v) is 16.1. The van der Waals surface area contributed by atoms with E-state index in [-0.39, 0.29) is 11.6 Å². The molecule has 1 aromatic rings. The molecule has 0 aromatic heterocycles. The number of nitro benzene ring substituents is 1. The van der Waals surface area contributed by atoms with Crippen LogP contribution in [0.1, 0.15) is 19.3 Å². The Hall–Kier alpha value is -2.20. The van der Waals surface area contributed by atoms with Gasteiger partial charge in [-0.05, 0) is 25.0 Å². The maximum Gasteiger partial charge on any atom is 0.269 e. The van der Waals surface area contributed by atoms with Gasteiger partial charge in [-0.15, -0.1) is 0 Å². The van der Waals surface area contributed by atoms with Crippen LogP contribution in [0, 0.1) is 10.1 Å². The van der Waals surface area contributed by atoms with Crippen LogP contribution >= 0.6 is 0 Å². The van der Waals surface area contributed by atoms with Crippen LogP contribution in [0.2, 0.25) is 0 Å². The minimum Gasteiger partial charge on any atom is -0.368 e. The first-order chi connectivity index (χ1) is 12.8. The number of hydrogen-bond acceptors (Lipinski definition) is 6. The second kappa shape index (κ2) is 7.81. The fourth-order valence-corrected chi connectivity index (χ4v) is 4.85. The number of anilines is 1. The van der Waals surface area contributed by atoms with Gasteiger partial charge in [0.05, 0.1) is 11.2 Å². The minimum atomic E-state index is -3.40. The van der Waals surface area contributed by atoms with E-state index in [1.54, 1.807) is 17.0 Å². The average Bonchev–Trinajstić information content (AvgIpc) is 2.67. The zero-order valence-electron chi connectivity index (χ0n) is 15.3. The predicted octanol–water partition coefficient (Wildman–Crippen LogP) is 1.06. The molecule has 2 heterocycles. The van der Waals surface area contributed by atoms with Gasteiger partial charge in [-0.25, -0.2) is 8.42 Å². The summed E-state index contributed by atoms with van der Waals surface area (Å²) in [7, 11) is -3.40. The number of rotatable bonds is 4. The third-order valence-corrected chi connectivity index (χ3v) is 6.47. The van der Waals surface area contributed by atoms with Crippen LogP contribution in [-0.4, -0.2) is 73.5 Å². The first-order valence-electron chi connectivity index (χ1n) is 9.02. The molecule has 1 atom stereocenters. The molecule has 2 fully saturated rings. The summed E-state index contributed by atoms with van der Waals surface area (Å²) in [5, 5.41) is 10.8. The molecule has 0 saturated carbocycles. The van der Waals surface area contributed by atoms with Crippen molar-refractivity contribution in [2.75, 3.05) is 43.9 Å². The number of piperazine rings is 1. The Morgan fingerprint density at radius 2 is 1.70 bits per heavy atom. The highest BCUT2D eigenvalue weighted by Crippen LogP contribution is 2.24. The van der Waals surface area contributed by atoms with Crippen molar-refractivity contribution in [3.8, 4) is 0 Å². The van der Waals surface area contributed by atoms with E-state index in [1.807, 2.05) is 0 Å². The Kier molecular flexibility index (Phi) is 5.66. The van der Waals surface area contributed by atoms with Crippen molar-refractivity contribution < 1.29 is 18.1 Å². The molecule has 2 aliphatic heterocycles. The van der Waals surface area contributed by atoms with Crippen molar-refractivity contribution in [2.45, 2.75) is 25.3 Å². The Balaban J connectivity index is 1.62. The number of nitrogens with zero attached hydrogens (tertiary/aromatic N) is 4. The Bertz CT molecular complexity index is 803. The summed E-state index contributed by atoms with van der Waals surface area (Å²) in [6.45, 7) is 2.62. The molecular formula is C17H24N4O5S. The van der Waals surface area contributed by atoms with Crippen LogP contribution in [0.3, 0.4) is 0 Å². The van der Waals surface area contributed by atoms with Crippen molar-refractivity contribution in [2.24, 2.45) is 0 Å². The second-order valence-electron chi connectivity index (χ2n) is 6.97. The summed E-state index contributed by atoms with van der Waals surface area (Å²) >= 11 is 0. The molecule has 0 bridgehead atoms. The summed E-state index contributed by atoms with van der Waals surface area (Å²) in [5.41, 5.74) is 0.925. The third kappa shape index (κ3) is 4.38. The molecule has 0 aliphatic carbocycles. The highest BCUT2D eigenvalue weighted by molar-refractivity contribution is 7.88. The number of nitro groups is 1. The van der Waals surface area contributed by atoms with E-state index in [1.165, 1.54) is 16.4 Å². The lowest BCUT2D eigenvalue weighted by atomic mass is 10.0. The predicted molar refractivity (Wildman–Crippen MR) is 101 cm³/mol. The van der Waals surface area contributed by atoms with E-state index in [0.717, 1.165) is 24.8 Å². The van der Waals surface area contributed by atoms with Crippen molar-refractivity contribution in [3.63, 3.8) is 0 Å². The highest BCUT2D eigenvalue weighted by Gasteiger charge is 2.37. The standard InChI is InChI=1S/C17H24N4O5S/c1-27(25,26)20-9-3-2-4-16(20)17(22)19-12-10-18(11-13-19)14-5-7-15(8-6-14)21(23)24/h5-8,16H,2-4,9-13H2,1H3. The summed E-state index contributed by atoms with van der Waals surface area (Å²) in [5.74, 6) is -0.122. The van der Waals surface area contributed by atoms with Crippen molar-refractivity contribution in [1.29, 1.82) is 0 Å². The summed E-state index contributed by atoms with van der Waals surface area (Å²) in [4.78, 5) is 27.0. The number of carbonyl (C=O) groups is 1. The van der Waals surface area contributed by atoms with Gasteiger partial charge >= 0.3 is 0 Å². The molecule has 1 amide bonds. The van der Waals surface area contributed by atoms with Gasteiger partial charge in [0.1, 0.15) is 6.04 Å². The molecular weight excluding hydrogens is 372 g/mol. The van der Waals surface area contributed by atoms with Gasteiger partial charge in [-0.1, -0.05) is 6.42 Å².